The molecule has 0 radical (unpaired) electrons. The van der Waals surface area contributed by atoms with Crippen LogP contribution in [0.2, 0.25) is 10.0 Å². The Morgan fingerprint density at radius 1 is 1.32 bits per heavy atom. The summed E-state index contributed by atoms with van der Waals surface area (Å²) < 4.78 is 21.2. The Hall–Kier alpha value is -1.99. The van der Waals surface area contributed by atoms with Gasteiger partial charge in [0.2, 0.25) is 5.91 Å². The van der Waals surface area contributed by atoms with Crippen LogP contribution in [-0.4, -0.2) is 53.4 Å². The van der Waals surface area contributed by atoms with Crippen molar-refractivity contribution in [1.82, 2.24) is 14.7 Å². The van der Waals surface area contributed by atoms with Gasteiger partial charge < -0.3 is 14.5 Å². The number of benzene rings is 1. The van der Waals surface area contributed by atoms with Gasteiger partial charge in [-0.3, -0.25) is 9.48 Å². The van der Waals surface area contributed by atoms with Crippen molar-refractivity contribution >= 4 is 34.8 Å². The standard InChI is InChI=1S/C19H23Cl2FN4O2/c1-11-9-24(16-8-17(28-4)14(20)7-15(16)22)5-6-25(11)18(27)10-26-13(3)19(21)12(2)23-26/h7-8,11H,5-6,9-10H2,1-4H3. The third kappa shape index (κ3) is 3.91. The molecule has 1 saturated heterocycles. The third-order valence-electron chi connectivity index (χ3n) is 5.09. The molecule has 6 nitrogen and oxygen atoms in total. The summed E-state index contributed by atoms with van der Waals surface area (Å²) in [6, 6.07) is 2.76. The molecule has 0 bridgehead atoms. The first-order valence-corrected chi connectivity index (χ1v) is 9.75. The van der Waals surface area contributed by atoms with Crippen LogP contribution in [0, 0.1) is 19.7 Å². The van der Waals surface area contributed by atoms with Crippen LogP contribution in [-0.2, 0) is 11.3 Å². The van der Waals surface area contributed by atoms with Crippen LogP contribution < -0.4 is 9.64 Å². The van der Waals surface area contributed by atoms with Crippen LogP contribution in [0.25, 0.3) is 0 Å². The summed E-state index contributed by atoms with van der Waals surface area (Å²) in [6.07, 6.45) is 0. The fourth-order valence-corrected chi connectivity index (χ4v) is 3.87. The molecule has 1 amide bonds. The van der Waals surface area contributed by atoms with Gasteiger partial charge in [-0.2, -0.15) is 5.10 Å². The number of nitrogens with zero attached hydrogens (tertiary/aromatic N) is 4. The molecule has 9 heteroatoms. The Balaban J connectivity index is 1.71. The normalized spacial score (nSPS) is 17.2. The molecular weight excluding hydrogens is 406 g/mol. The van der Waals surface area contributed by atoms with E-state index in [1.807, 2.05) is 25.7 Å². The van der Waals surface area contributed by atoms with Crippen molar-refractivity contribution in [3.05, 3.63) is 39.4 Å². The fourth-order valence-electron chi connectivity index (χ4n) is 3.51. The largest absolute Gasteiger partial charge is 0.495 e. The van der Waals surface area contributed by atoms with Crippen molar-refractivity contribution in [3.8, 4) is 5.75 Å². The zero-order valence-electron chi connectivity index (χ0n) is 16.3. The summed E-state index contributed by atoms with van der Waals surface area (Å²) >= 11 is 12.1. The molecule has 2 aromatic rings. The lowest BCUT2D eigenvalue weighted by Crippen LogP contribution is -2.55. The molecule has 1 aromatic heterocycles. The molecular formula is C19H23Cl2FN4O2. The van der Waals surface area contributed by atoms with Gasteiger partial charge in [-0.05, 0) is 26.8 Å². The number of aromatic nitrogens is 2. The molecule has 1 aliphatic rings. The minimum absolute atomic E-state index is 0.0384. The topological polar surface area (TPSA) is 50.6 Å². The van der Waals surface area contributed by atoms with Crippen molar-refractivity contribution < 1.29 is 13.9 Å². The molecule has 1 unspecified atom stereocenters. The maximum absolute atomic E-state index is 14.4. The molecule has 0 N–H and O–H groups in total. The number of ether oxygens (including phenoxy) is 1. The van der Waals surface area contributed by atoms with E-state index in [-0.39, 0.29) is 23.5 Å². The average molecular weight is 429 g/mol. The number of amides is 1. The first kappa shape index (κ1) is 20.7. The van der Waals surface area contributed by atoms with Crippen LogP contribution >= 0.6 is 23.2 Å². The highest BCUT2D eigenvalue weighted by Crippen LogP contribution is 2.33. The van der Waals surface area contributed by atoms with Crippen LogP contribution in [0.5, 0.6) is 5.75 Å². The van der Waals surface area contributed by atoms with Crippen molar-refractivity contribution in [2.75, 3.05) is 31.6 Å². The maximum atomic E-state index is 14.4. The van der Waals surface area contributed by atoms with E-state index in [1.54, 1.807) is 15.6 Å². The van der Waals surface area contributed by atoms with E-state index in [0.29, 0.717) is 41.8 Å². The Labute approximate surface area is 173 Å². The molecule has 1 fully saturated rings. The van der Waals surface area contributed by atoms with Crippen LogP contribution in [0.1, 0.15) is 18.3 Å². The summed E-state index contributed by atoms with van der Waals surface area (Å²) in [7, 11) is 1.49. The van der Waals surface area contributed by atoms with Gasteiger partial charge in [0, 0.05) is 31.7 Å². The SMILES string of the molecule is COc1cc(N2CCN(C(=O)Cn3nc(C)c(Cl)c3C)C(C)C2)c(F)cc1Cl. The number of hydrogen-bond donors (Lipinski definition) is 0. The molecule has 28 heavy (non-hydrogen) atoms. The van der Waals surface area contributed by atoms with Gasteiger partial charge in [-0.1, -0.05) is 23.2 Å². The Bertz CT molecular complexity index is 903. The Morgan fingerprint density at radius 3 is 2.61 bits per heavy atom. The third-order valence-corrected chi connectivity index (χ3v) is 5.93. The summed E-state index contributed by atoms with van der Waals surface area (Å²) in [5.41, 5.74) is 1.90. The number of carbonyl (C=O) groups is 1. The van der Waals surface area contributed by atoms with E-state index in [0.717, 1.165) is 5.69 Å². The van der Waals surface area contributed by atoms with Gasteiger partial charge in [-0.15, -0.1) is 0 Å². The number of rotatable bonds is 4. The minimum Gasteiger partial charge on any atom is -0.495 e. The monoisotopic (exact) mass is 428 g/mol. The number of halogens is 3. The minimum atomic E-state index is -0.407. The lowest BCUT2D eigenvalue weighted by atomic mass is 10.1. The summed E-state index contributed by atoms with van der Waals surface area (Å²) in [4.78, 5) is 16.5. The van der Waals surface area contributed by atoms with Crippen LogP contribution in [0.4, 0.5) is 10.1 Å². The predicted molar refractivity (Wildman–Crippen MR) is 108 cm³/mol. The van der Waals surface area contributed by atoms with Crippen molar-refractivity contribution in [2.45, 2.75) is 33.4 Å². The number of piperazine rings is 1. The molecule has 0 aliphatic carbocycles. The molecule has 1 aromatic carbocycles. The van der Waals surface area contributed by atoms with E-state index >= 15 is 0 Å². The predicted octanol–water partition coefficient (Wildman–Crippen LogP) is 3.69. The van der Waals surface area contributed by atoms with Crippen LogP contribution in [0.3, 0.4) is 0 Å². The Kier molecular flexibility index (Phi) is 6.05. The first-order chi connectivity index (χ1) is 13.2. The lowest BCUT2D eigenvalue weighted by molar-refractivity contribution is -0.134. The molecule has 0 saturated carbocycles. The highest BCUT2D eigenvalue weighted by Gasteiger charge is 2.29. The zero-order chi connectivity index (χ0) is 20.6. The van der Waals surface area contributed by atoms with Crippen LogP contribution in [0.15, 0.2) is 12.1 Å². The van der Waals surface area contributed by atoms with Gasteiger partial charge >= 0.3 is 0 Å². The van der Waals surface area contributed by atoms with E-state index in [4.69, 9.17) is 27.9 Å². The highest BCUT2D eigenvalue weighted by atomic mass is 35.5. The van der Waals surface area contributed by atoms with Gasteiger partial charge in [0.25, 0.3) is 0 Å². The number of carbonyl (C=O) groups excluding carboxylic acids is 1. The van der Waals surface area contributed by atoms with E-state index < -0.39 is 5.82 Å². The van der Waals surface area contributed by atoms with Crippen molar-refractivity contribution in [3.63, 3.8) is 0 Å². The van der Waals surface area contributed by atoms with E-state index in [1.165, 1.54) is 13.2 Å². The summed E-state index contributed by atoms with van der Waals surface area (Å²) in [5.74, 6) is -0.0238. The van der Waals surface area contributed by atoms with Crippen molar-refractivity contribution in [1.29, 1.82) is 0 Å². The molecule has 1 aliphatic heterocycles. The molecule has 1 atom stereocenters. The molecule has 0 spiro atoms. The average Bonchev–Trinajstić information content (AvgIpc) is 2.88. The lowest BCUT2D eigenvalue weighted by Gasteiger charge is -2.41. The number of anilines is 1. The number of methoxy groups -OCH3 is 1. The van der Waals surface area contributed by atoms with Crippen molar-refractivity contribution in [2.24, 2.45) is 0 Å². The quantitative estimate of drug-likeness (QED) is 0.744. The molecule has 3 rings (SSSR count). The highest BCUT2D eigenvalue weighted by molar-refractivity contribution is 6.32. The maximum Gasteiger partial charge on any atom is 0.244 e. The van der Waals surface area contributed by atoms with Gasteiger partial charge in [-0.25, -0.2) is 4.39 Å². The smallest absolute Gasteiger partial charge is 0.244 e. The second-order valence-electron chi connectivity index (χ2n) is 6.96. The van der Waals surface area contributed by atoms with E-state index in [2.05, 4.69) is 5.10 Å². The number of aryl methyl sites for hydroxylation is 1. The first-order valence-electron chi connectivity index (χ1n) is 8.99. The summed E-state index contributed by atoms with van der Waals surface area (Å²) in [5, 5.41) is 5.13. The second-order valence-corrected chi connectivity index (χ2v) is 7.75. The van der Waals surface area contributed by atoms with Gasteiger partial charge in [0.1, 0.15) is 18.1 Å². The number of hydrogen-bond acceptors (Lipinski definition) is 4. The van der Waals surface area contributed by atoms with Gasteiger partial charge in [0.15, 0.2) is 0 Å². The second kappa shape index (κ2) is 8.17. The fraction of sp³-hybridized carbons (Fsp3) is 0.474. The van der Waals surface area contributed by atoms with Gasteiger partial charge in [0.05, 0.1) is 34.2 Å². The molecule has 2 heterocycles. The van der Waals surface area contributed by atoms with E-state index in [9.17, 15) is 9.18 Å². The molecule has 152 valence electrons. The summed E-state index contributed by atoms with van der Waals surface area (Å²) in [6.45, 7) is 7.23. The zero-order valence-corrected chi connectivity index (χ0v) is 17.8. The Morgan fingerprint density at radius 2 is 2.04 bits per heavy atom.